The van der Waals surface area contributed by atoms with Crippen molar-refractivity contribution in [1.29, 1.82) is 0 Å². The SMILES string of the molecule is Cc1ccc(CC(=O)O)cc1Oc1cccc(OCC=Cc2ccc(C(F)(F)F)cc2)c1.[H-].[Na+]. The summed E-state index contributed by atoms with van der Waals surface area (Å²) in [6.07, 6.45) is -1.06. The van der Waals surface area contributed by atoms with Crippen LogP contribution in [-0.2, 0) is 17.4 Å². The van der Waals surface area contributed by atoms with Crippen molar-refractivity contribution in [2.45, 2.75) is 19.5 Å². The Morgan fingerprint density at radius 3 is 2.39 bits per heavy atom. The van der Waals surface area contributed by atoms with Crippen molar-refractivity contribution >= 4 is 12.0 Å². The average Bonchev–Trinajstić information content (AvgIpc) is 2.73. The quantitative estimate of drug-likeness (QED) is 0.515. The van der Waals surface area contributed by atoms with Gasteiger partial charge in [-0.05, 0) is 60.0 Å². The standard InChI is InChI=1S/C25H21F3O4.Na.H/c1-17-7-8-19(15-24(29)30)14-23(17)32-22-6-2-5-21(16-22)31-13-3-4-18-9-11-20(12-10-18)25(26,27)28;;/h2-12,14,16H,13,15H2,1H3,(H,29,30);;/q;+1;-1. The Kier molecular flexibility index (Phi) is 9.58. The molecule has 3 rings (SSSR count). The minimum absolute atomic E-state index is 0. The summed E-state index contributed by atoms with van der Waals surface area (Å²) < 4.78 is 49.4. The molecule has 0 bridgehead atoms. The van der Waals surface area contributed by atoms with Gasteiger partial charge in [0, 0.05) is 6.07 Å². The molecule has 0 aliphatic rings. The van der Waals surface area contributed by atoms with Gasteiger partial charge in [0.1, 0.15) is 23.9 Å². The van der Waals surface area contributed by atoms with E-state index in [0.29, 0.717) is 28.4 Å². The number of carboxylic acid groups (broad SMARTS) is 1. The number of aryl methyl sites for hydroxylation is 1. The maximum Gasteiger partial charge on any atom is 1.00 e. The molecule has 0 aliphatic carbocycles. The maximum atomic E-state index is 12.6. The molecule has 3 aromatic rings. The summed E-state index contributed by atoms with van der Waals surface area (Å²) in [6.45, 7) is 2.09. The van der Waals surface area contributed by atoms with Crippen LogP contribution in [0.25, 0.3) is 6.08 Å². The van der Waals surface area contributed by atoms with Crippen LogP contribution in [0.1, 0.15) is 23.7 Å². The second-order valence-corrected chi connectivity index (χ2v) is 7.08. The van der Waals surface area contributed by atoms with Gasteiger partial charge in [-0.1, -0.05) is 36.4 Å². The molecule has 0 atom stereocenters. The van der Waals surface area contributed by atoms with Crippen molar-refractivity contribution in [1.82, 2.24) is 0 Å². The van der Waals surface area contributed by atoms with E-state index >= 15 is 0 Å². The minimum Gasteiger partial charge on any atom is -1.00 e. The van der Waals surface area contributed by atoms with Crippen molar-refractivity contribution in [3.8, 4) is 17.2 Å². The first kappa shape index (κ1) is 26.5. The average molecular weight is 466 g/mol. The number of aliphatic carboxylic acids is 1. The normalized spacial score (nSPS) is 11.2. The minimum atomic E-state index is -4.35. The van der Waals surface area contributed by atoms with Crippen LogP contribution in [-0.4, -0.2) is 17.7 Å². The van der Waals surface area contributed by atoms with E-state index in [1.165, 1.54) is 12.1 Å². The van der Waals surface area contributed by atoms with Gasteiger partial charge in [0.2, 0.25) is 0 Å². The molecule has 168 valence electrons. The smallest absolute Gasteiger partial charge is 1.00 e. The van der Waals surface area contributed by atoms with Gasteiger partial charge in [-0.2, -0.15) is 13.2 Å². The third-order valence-corrected chi connectivity index (χ3v) is 4.54. The van der Waals surface area contributed by atoms with Crippen LogP contribution in [0.4, 0.5) is 13.2 Å². The predicted molar refractivity (Wildman–Crippen MR) is 116 cm³/mol. The Bertz CT molecular complexity index is 1120. The van der Waals surface area contributed by atoms with Crippen LogP contribution in [0.2, 0.25) is 0 Å². The number of ether oxygens (including phenoxy) is 2. The van der Waals surface area contributed by atoms with E-state index in [4.69, 9.17) is 14.6 Å². The van der Waals surface area contributed by atoms with Gasteiger partial charge in [0.05, 0.1) is 12.0 Å². The van der Waals surface area contributed by atoms with E-state index in [0.717, 1.165) is 17.7 Å². The molecular weight excluding hydrogens is 444 g/mol. The van der Waals surface area contributed by atoms with Gasteiger partial charge >= 0.3 is 41.7 Å². The van der Waals surface area contributed by atoms with Gasteiger partial charge in [0.25, 0.3) is 0 Å². The number of carboxylic acids is 1. The van der Waals surface area contributed by atoms with Crippen LogP contribution in [0.15, 0.2) is 72.8 Å². The molecule has 4 nitrogen and oxygen atoms in total. The van der Waals surface area contributed by atoms with E-state index in [1.807, 2.05) is 6.92 Å². The second-order valence-electron chi connectivity index (χ2n) is 7.08. The van der Waals surface area contributed by atoms with Crippen molar-refractivity contribution in [3.63, 3.8) is 0 Å². The first-order chi connectivity index (χ1) is 15.2. The van der Waals surface area contributed by atoms with Gasteiger partial charge in [-0.3, -0.25) is 4.79 Å². The number of rotatable bonds is 8. The van der Waals surface area contributed by atoms with Crippen molar-refractivity contribution in [2.24, 2.45) is 0 Å². The topological polar surface area (TPSA) is 55.8 Å². The number of halogens is 3. The van der Waals surface area contributed by atoms with Crippen LogP contribution in [0.5, 0.6) is 17.2 Å². The number of alkyl halides is 3. The third-order valence-electron chi connectivity index (χ3n) is 4.54. The molecular formula is C25H22F3NaO4. The summed E-state index contributed by atoms with van der Waals surface area (Å²) >= 11 is 0. The number of benzene rings is 3. The fourth-order valence-corrected chi connectivity index (χ4v) is 2.91. The molecule has 0 radical (unpaired) electrons. The molecule has 8 heteroatoms. The Labute approximate surface area is 213 Å². The van der Waals surface area contributed by atoms with Crippen molar-refractivity contribution in [3.05, 3.63) is 95.1 Å². The molecule has 0 spiro atoms. The van der Waals surface area contributed by atoms with E-state index < -0.39 is 17.7 Å². The first-order valence-electron chi connectivity index (χ1n) is 9.76. The van der Waals surface area contributed by atoms with E-state index in [2.05, 4.69) is 0 Å². The number of carbonyl (C=O) groups is 1. The van der Waals surface area contributed by atoms with Gasteiger partial charge in [-0.15, -0.1) is 0 Å². The van der Waals surface area contributed by atoms with E-state index in [-0.39, 0.29) is 44.0 Å². The summed E-state index contributed by atoms with van der Waals surface area (Å²) in [4.78, 5) is 10.9. The fourth-order valence-electron chi connectivity index (χ4n) is 2.91. The summed E-state index contributed by atoms with van der Waals surface area (Å²) in [6, 6.07) is 17.1. The number of hydrogen-bond donors (Lipinski definition) is 1. The Balaban J connectivity index is 0.00000289. The largest absolute Gasteiger partial charge is 1.00 e. The first-order valence-corrected chi connectivity index (χ1v) is 9.76. The zero-order valence-electron chi connectivity index (χ0n) is 19.2. The molecule has 0 aliphatic heterocycles. The van der Waals surface area contributed by atoms with Crippen LogP contribution >= 0.6 is 0 Å². The summed E-state index contributed by atoms with van der Waals surface area (Å²) in [5, 5.41) is 8.97. The van der Waals surface area contributed by atoms with Gasteiger partial charge in [0.15, 0.2) is 0 Å². The van der Waals surface area contributed by atoms with Gasteiger partial charge < -0.3 is 16.0 Å². The maximum absolute atomic E-state index is 12.6. The molecule has 3 aromatic carbocycles. The second kappa shape index (κ2) is 11.9. The molecule has 0 aromatic heterocycles. The fraction of sp³-hybridized carbons (Fsp3) is 0.160. The summed E-state index contributed by atoms with van der Waals surface area (Å²) in [5.74, 6) is 0.728. The van der Waals surface area contributed by atoms with Crippen LogP contribution < -0.4 is 39.0 Å². The molecule has 0 heterocycles. The zero-order chi connectivity index (χ0) is 23.1. The molecule has 0 fully saturated rings. The van der Waals surface area contributed by atoms with Crippen molar-refractivity contribution < 1.29 is 63.5 Å². The van der Waals surface area contributed by atoms with Gasteiger partial charge in [-0.25, -0.2) is 0 Å². The molecule has 0 amide bonds. The Morgan fingerprint density at radius 1 is 1.03 bits per heavy atom. The molecule has 0 saturated heterocycles. The zero-order valence-corrected chi connectivity index (χ0v) is 20.2. The predicted octanol–water partition coefficient (Wildman–Crippen LogP) is 3.64. The van der Waals surface area contributed by atoms with E-state index in [9.17, 15) is 18.0 Å². The molecule has 0 unspecified atom stereocenters. The Hall–Kier alpha value is -2.74. The summed E-state index contributed by atoms with van der Waals surface area (Å²) in [5.41, 5.74) is 1.45. The molecule has 1 N–H and O–H groups in total. The van der Waals surface area contributed by atoms with E-state index in [1.54, 1.807) is 54.6 Å². The number of hydrogen-bond acceptors (Lipinski definition) is 3. The summed E-state index contributed by atoms with van der Waals surface area (Å²) in [7, 11) is 0. The monoisotopic (exact) mass is 466 g/mol. The van der Waals surface area contributed by atoms with Crippen molar-refractivity contribution in [2.75, 3.05) is 6.61 Å². The Morgan fingerprint density at radius 2 is 1.73 bits per heavy atom. The van der Waals surface area contributed by atoms with Crippen LogP contribution in [0, 0.1) is 6.92 Å². The van der Waals surface area contributed by atoms with Crippen LogP contribution in [0.3, 0.4) is 0 Å². The molecule has 0 saturated carbocycles. The third kappa shape index (κ3) is 8.28. The molecule has 33 heavy (non-hydrogen) atoms.